The Bertz CT molecular complexity index is 565. The minimum atomic E-state index is 0.0711. The smallest absolute Gasteiger partial charge is 0.0710 e. The summed E-state index contributed by atoms with van der Waals surface area (Å²) < 4.78 is 0. The Morgan fingerprint density at radius 2 is 2.19 bits per heavy atom. The Morgan fingerprint density at radius 3 is 3.00 bits per heavy atom. The van der Waals surface area contributed by atoms with E-state index in [0.29, 0.717) is 5.02 Å². The molecule has 2 nitrogen and oxygen atoms in total. The molecule has 1 heterocycles. The lowest BCUT2D eigenvalue weighted by atomic mass is 10.0. The monoisotopic (exact) mass is 233 g/mol. The van der Waals surface area contributed by atoms with Crippen LogP contribution in [0.5, 0.6) is 0 Å². The summed E-state index contributed by atoms with van der Waals surface area (Å²) >= 11 is 5.99. The molecule has 16 heavy (non-hydrogen) atoms. The maximum atomic E-state index is 9.52. The van der Waals surface area contributed by atoms with Crippen molar-refractivity contribution in [1.82, 2.24) is 4.98 Å². The van der Waals surface area contributed by atoms with Crippen molar-refractivity contribution in [2.75, 3.05) is 0 Å². The molecular formula is C13H12ClNO. The van der Waals surface area contributed by atoms with Gasteiger partial charge in [0.25, 0.3) is 0 Å². The van der Waals surface area contributed by atoms with Crippen LogP contribution in [0.4, 0.5) is 0 Å². The van der Waals surface area contributed by atoms with Crippen LogP contribution >= 0.6 is 11.6 Å². The van der Waals surface area contributed by atoms with Crippen LogP contribution in [0.25, 0.3) is 10.9 Å². The fourth-order valence-electron chi connectivity index (χ4n) is 2.51. The van der Waals surface area contributed by atoms with Crippen molar-refractivity contribution in [2.45, 2.75) is 25.9 Å². The molecule has 0 bridgehead atoms. The topological polar surface area (TPSA) is 33.1 Å². The quantitative estimate of drug-likeness (QED) is 0.822. The molecule has 1 aromatic heterocycles. The predicted octanol–water partition coefficient (Wildman–Crippen LogP) is 2.87. The first-order chi connectivity index (χ1) is 7.79. The lowest BCUT2D eigenvalue weighted by molar-refractivity contribution is 0.282. The molecular weight excluding hydrogens is 222 g/mol. The summed E-state index contributed by atoms with van der Waals surface area (Å²) in [6.45, 7) is 0.0711. The second kappa shape index (κ2) is 3.72. The van der Waals surface area contributed by atoms with E-state index in [1.807, 2.05) is 18.2 Å². The van der Waals surface area contributed by atoms with Crippen LogP contribution in [0.3, 0.4) is 0 Å². The summed E-state index contributed by atoms with van der Waals surface area (Å²) in [6.07, 6.45) is 3.20. The van der Waals surface area contributed by atoms with Crippen LogP contribution in [-0.2, 0) is 19.4 Å². The highest BCUT2D eigenvalue weighted by atomic mass is 35.5. The van der Waals surface area contributed by atoms with Crippen LogP contribution in [0, 0.1) is 0 Å². The van der Waals surface area contributed by atoms with Gasteiger partial charge >= 0.3 is 0 Å². The minimum Gasteiger partial charge on any atom is -0.392 e. The van der Waals surface area contributed by atoms with Crippen molar-refractivity contribution in [3.8, 4) is 0 Å². The van der Waals surface area contributed by atoms with Gasteiger partial charge in [-0.3, -0.25) is 4.98 Å². The van der Waals surface area contributed by atoms with Crippen molar-refractivity contribution in [3.63, 3.8) is 0 Å². The Kier molecular flexibility index (Phi) is 2.34. The maximum Gasteiger partial charge on any atom is 0.0710 e. The molecule has 82 valence electrons. The van der Waals surface area contributed by atoms with E-state index in [4.69, 9.17) is 11.6 Å². The molecule has 0 radical (unpaired) electrons. The zero-order chi connectivity index (χ0) is 11.1. The first-order valence-corrected chi connectivity index (χ1v) is 5.88. The van der Waals surface area contributed by atoms with Gasteiger partial charge in [0, 0.05) is 16.1 Å². The molecule has 0 fully saturated rings. The summed E-state index contributed by atoms with van der Waals surface area (Å²) in [4.78, 5) is 4.64. The lowest BCUT2D eigenvalue weighted by Gasteiger charge is -2.10. The van der Waals surface area contributed by atoms with Gasteiger partial charge in [0.2, 0.25) is 0 Å². The van der Waals surface area contributed by atoms with E-state index in [2.05, 4.69) is 4.98 Å². The number of pyridine rings is 1. The standard InChI is InChI=1S/C13H12ClNO/c14-8-4-5-13-10(6-8)11(7-16)9-2-1-3-12(9)15-13/h4-6,16H,1-3,7H2. The van der Waals surface area contributed by atoms with Gasteiger partial charge < -0.3 is 5.11 Å². The Labute approximate surface area is 98.9 Å². The van der Waals surface area contributed by atoms with Crippen LogP contribution in [0.1, 0.15) is 23.2 Å². The summed E-state index contributed by atoms with van der Waals surface area (Å²) in [5.74, 6) is 0. The van der Waals surface area contributed by atoms with Gasteiger partial charge in [0.1, 0.15) is 0 Å². The molecule has 3 rings (SSSR count). The highest BCUT2D eigenvalue weighted by molar-refractivity contribution is 6.31. The number of aliphatic hydroxyl groups is 1. The largest absolute Gasteiger partial charge is 0.392 e. The predicted molar refractivity (Wildman–Crippen MR) is 64.7 cm³/mol. The van der Waals surface area contributed by atoms with Crippen molar-refractivity contribution < 1.29 is 5.11 Å². The molecule has 0 saturated heterocycles. The summed E-state index contributed by atoms with van der Waals surface area (Å²) in [5.41, 5.74) is 4.34. The highest BCUT2D eigenvalue weighted by Crippen LogP contribution is 2.31. The number of hydrogen-bond acceptors (Lipinski definition) is 2. The second-order valence-electron chi connectivity index (χ2n) is 4.19. The molecule has 0 spiro atoms. The molecule has 0 aliphatic heterocycles. The zero-order valence-corrected chi connectivity index (χ0v) is 9.59. The zero-order valence-electron chi connectivity index (χ0n) is 8.83. The van der Waals surface area contributed by atoms with E-state index < -0.39 is 0 Å². The molecule has 3 heteroatoms. The number of aromatic nitrogens is 1. The number of halogens is 1. The second-order valence-corrected chi connectivity index (χ2v) is 4.63. The third-order valence-corrected chi connectivity index (χ3v) is 3.49. The molecule has 0 atom stereocenters. The Hall–Kier alpha value is -1.12. The minimum absolute atomic E-state index is 0.0711. The Balaban J connectivity index is 2.40. The van der Waals surface area contributed by atoms with Gasteiger partial charge in [-0.15, -0.1) is 0 Å². The van der Waals surface area contributed by atoms with Crippen LogP contribution in [0.15, 0.2) is 18.2 Å². The van der Waals surface area contributed by atoms with Crippen LogP contribution < -0.4 is 0 Å². The van der Waals surface area contributed by atoms with Gasteiger partial charge in [0.05, 0.1) is 12.1 Å². The molecule has 1 aromatic carbocycles. The first kappa shape index (κ1) is 10.1. The number of nitrogens with zero attached hydrogens (tertiary/aromatic N) is 1. The fourth-order valence-corrected chi connectivity index (χ4v) is 2.68. The number of rotatable bonds is 1. The van der Waals surface area contributed by atoms with Gasteiger partial charge in [-0.25, -0.2) is 0 Å². The van der Waals surface area contributed by atoms with Gasteiger partial charge in [-0.2, -0.15) is 0 Å². The third kappa shape index (κ3) is 1.41. The molecule has 0 unspecified atom stereocenters. The fraction of sp³-hybridized carbons (Fsp3) is 0.308. The van der Waals surface area contributed by atoms with Crippen LogP contribution in [0.2, 0.25) is 5.02 Å². The molecule has 0 amide bonds. The molecule has 1 aliphatic carbocycles. The van der Waals surface area contributed by atoms with Crippen molar-refractivity contribution in [1.29, 1.82) is 0 Å². The number of hydrogen-bond donors (Lipinski definition) is 1. The van der Waals surface area contributed by atoms with E-state index in [0.717, 1.165) is 41.4 Å². The highest BCUT2D eigenvalue weighted by Gasteiger charge is 2.18. The number of aryl methyl sites for hydroxylation is 1. The molecule has 2 aromatic rings. The average Bonchev–Trinajstić information content (AvgIpc) is 2.73. The van der Waals surface area contributed by atoms with Crippen molar-refractivity contribution >= 4 is 22.5 Å². The molecule has 0 saturated carbocycles. The number of aliphatic hydroxyl groups excluding tert-OH is 1. The average molecular weight is 234 g/mol. The van der Waals surface area contributed by atoms with Crippen LogP contribution in [-0.4, -0.2) is 10.1 Å². The third-order valence-electron chi connectivity index (χ3n) is 3.25. The van der Waals surface area contributed by atoms with Crippen molar-refractivity contribution in [3.05, 3.63) is 40.0 Å². The van der Waals surface area contributed by atoms with E-state index in [9.17, 15) is 5.11 Å². The van der Waals surface area contributed by atoms with E-state index >= 15 is 0 Å². The van der Waals surface area contributed by atoms with E-state index in [1.54, 1.807) is 0 Å². The number of benzene rings is 1. The Morgan fingerprint density at radius 1 is 1.31 bits per heavy atom. The van der Waals surface area contributed by atoms with Gasteiger partial charge in [-0.1, -0.05) is 11.6 Å². The number of fused-ring (bicyclic) bond motifs is 2. The maximum absolute atomic E-state index is 9.52. The van der Waals surface area contributed by atoms with Crippen molar-refractivity contribution in [2.24, 2.45) is 0 Å². The normalized spacial score (nSPS) is 14.4. The first-order valence-electron chi connectivity index (χ1n) is 5.50. The summed E-state index contributed by atoms with van der Waals surface area (Å²) in [6, 6.07) is 5.67. The lowest BCUT2D eigenvalue weighted by Crippen LogP contribution is -1.98. The van der Waals surface area contributed by atoms with Gasteiger partial charge in [-0.05, 0) is 48.6 Å². The van der Waals surface area contributed by atoms with Gasteiger partial charge in [0.15, 0.2) is 0 Å². The SMILES string of the molecule is OCc1c2c(nc3ccc(Cl)cc13)CCC2. The molecule has 1 N–H and O–H groups in total. The van der Waals surface area contributed by atoms with E-state index in [-0.39, 0.29) is 6.61 Å². The summed E-state index contributed by atoms with van der Waals surface area (Å²) in [5, 5.41) is 11.2. The molecule has 1 aliphatic rings. The van der Waals surface area contributed by atoms with E-state index in [1.165, 1.54) is 5.56 Å². The summed E-state index contributed by atoms with van der Waals surface area (Å²) in [7, 11) is 0.